The third-order valence-corrected chi connectivity index (χ3v) is 2.83. The van der Waals surface area contributed by atoms with E-state index in [1.165, 1.54) is 0 Å². The fourth-order valence-corrected chi connectivity index (χ4v) is 2.01. The highest BCUT2D eigenvalue weighted by atomic mass is 16.5. The number of ether oxygens (including phenoxy) is 1. The lowest BCUT2D eigenvalue weighted by Crippen LogP contribution is -2.44. The molecule has 2 unspecified atom stereocenters. The van der Waals surface area contributed by atoms with Gasteiger partial charge in [0.2, 0.25) is 0 Å². The molecule has 2 atom stereocenters. The van der Waals surface area contributed by atoms with Crippen LogP contribution >= 0.6 is 0 Å². The Labute approximate surface area is 92.8 Å². The lowest BCUT2D eigenvalue weighted by molar-refractivity contribution is -0.0426. The monoisotopic (exact) mass is 210 g/mol. The molecule has 0 saturated carbocycles. The third kappa shape index (κ3) is 4.19. The van der Waals surface area contributed by atoms with Crippen LogP contribution in [-0.2, 0) is 4.74 Å². The maximum Gasteiger partial charge on any atom is 0.0697 e. The maximum atomic E-state index is 8.91. The van der Waals surface area contributed by atoms with Crippen molar-refractivity contribution in [2.45, 2.75) is 58.8 Å². The first-order chi connectivity index (χ1) is 6.93. The Balaban J connectivity index is 2.36. The number of nitrogens with one attached hydrogen (secondary N) is 1. The Morgan fingerprint density at radius 1 is 1.33 bits per heavy atom. The van der Waals surface area contributed by atoms with E-state index in [0.29, 0.717) is 18.2 Å². The molecule has 1 N–H and O–H groups in total. The van der Waals surface area contributed by atoms with Gasteiger partial charge >= 0.3 is 0 Å². The highest BCUT2D eigenvalue weighted by molar-refractivity contribution is 4.94. The summed E-state index contributed by atoms with van der Waals surface area (Å²) in [6.45, 7) is 8.91. The first kappa shape index (κ1) is 12.5. The molecule has 0 aromatic heterocycles. The summed E-state index contributed by atoms with van der Waals surface area (Å²) in [6, 6.07) is 2.81. The second-order valence-electron chi connectivity index (χ2n) is 5.30. The molecular formula is C12H22N2O. The van der Waals surface area contributed by atoms with Crippen molar-refractivity contribution in [3.8, 4) is 6.07 Å². The van der Waals surface area contributed by atoms with Gasteiger partial charge in [-0.05, 0) is 40.5 Å². The Morgan fingerprint density at radius 2 is 1.87 bits per heavy atom. The van der Waals surface area contributed by atoms with Crippen LogP contribution in [0.15, 0.2) is 0 Å². The minimum absolute atomic E-state index is 0.273. The summed E-state index contributed by atoms with van der Waals surface area (Å²) in [4.78, 5) is 0. The van der Waals surface area contributed by atoms with E-state index in [-0.39, 0.29) is 5.41 Å². The Bertz CT molecular complexity index is 234. The number of nitriles is 1. The molecule has 0 aromatic rings. The van der Waals surface area contributed by atoms with Gasteiger partial charge in [0.05, 0.1) is 23.7 Å². The van der Waals surface area contributed by atoms with Crippen LogP contribution in [0.4, 0.5) is 0 Å². The van der Waals surface area contributed by atoms with Crippen molar-refractivity contribution in [2.24, 2.45) is 5.41 Å². The van der Waals surface area contributed by atoms with Crippen LogP contribution in [0.3, 0.4) is 0 Å². The molecule has 1 heterocycles. The second-order valence-corrected chi connectivity index (χ2v) is 5.30. The SMILES string of the molecule is CC1CC(NCC(C)(C)C#N)CC(C)O1. The van der Waals surface area contributed by atoms with Gasteiger partial charge in [-0.3, -0.25) is 0 Å². The van der Waals surface area contributed by atoms with Crippen molar-refractivity contribution in [2.75, 3.05) is 6.54 Å². The number of hydrogen-bond donors (Lipinski definition) is 1. The van der Waals surface area contributed by atoms with Crippen LogP contribution < -0.4 is 5.32 Å². The highest BCUT2D eigenvalue weighted by Gasteiger charge is 2.26. The van der Waals surface area contributed by atoms with Gasteiger partial charge in [0.25, 0.3) is 0 Å². The summed E-state index contributed by atoms with van der Waals surface area (Å²) < 4.78 is 5.67. The molecule has 15 heavy (non-hydrogen) atoms. The lowest BCUT2D eigenvalue weighted by atomic mass is 9.93. The van der Waals surface area contributed by atoms with E-state index < -0.39 is 0 Å². The van der Waals surface area contributed by atoms with Gasteiger partial charge in [-0.1, -0.05) is 0 Å². The quantitative estimate of drug-likeness (QED) is 0.775. The van der Waals surface area contributed by atoms with E-state index >= 15 is 0 Å². The van der Waals surface area contributed by atoms with Gasteiger partial charge in [0, 0.05) is 12.6 Å². The van der Waals surface area contributed by atoms with E-state index in [1.54, 1.807) is 0 Å². The van der Waals surface area contributed by atoms with E-state index in [4.69, 9.17) is 10.00 Å². The fourth-order valence-electron chi connectivity index (χ4n) is 2.01. The molecule has 0 spiro atoms. The van der Waals surface area contributed by atoms with Crippen molar-refractivity contribution in [1.29, 1.82) is 5.26 Å². The third-order valence-electron chi connectivity index (χ3n) is 2.83. The Kier molecular flexibility index (Phi) is 4.12. The zero-order valence-electron chi connectivity index (χ0n) is 10.2. The van der Waals surface area contributed by atoms with Gasteiger partial charge in [-0.2, -0.15) is 5.26 Å². The molecule has 1 rings (SSSR count). The van der Waals surface area contributed by atoms with Crippen molar-refractivity contribution in [3.05, 3.63) is 0 Å². The molecular weight excluding hydrogens is 188 g/mol. The van der Waals surface area contributed by atoms with Crippen LogP contribution in [0.1, 0.15) is 40.5 Å². The van der Waals surface area contributed by atoms with E-state index in [0.717, 1.165) is 19.4 Å². The summed E-state index contributed by atoms with van der Waals surface area (Å²) >= 11 is 0. The zero-order valence-corrected chi connectivity index (χ0v) is 10.2. The van der Waals surface area contributed by atoms with Crippen LogP contribution in [0.5, 0.6) is 0 Å². The molecule has 3 heteroatoms. The van der Waals surface area contributed by atoms with Crippen LogP contribution in [0, 0.1) is 16.7 Å². The summed E-state index contributed by atoms with van der Waals surface area (Å²) in [5.41, 5.74) is -0.273. The maximum absolute atomic E-state index is 8.91. The molecule has 0 amide bonds. The average molecular weight is 210 g/mol. The van der Waals surface area contributed by atoms with E-state index in [9.17, 15) is 0 Å². The number of hydrogen-bond acceptors (Lipinski definition) is 3. The molecule has 0 bridgehead atoms. The molecule has 0 aliphatic carbocycles. The number of rotatable bonds is 3. The first-order valence-corrected chi connectivity index (χ1v) is 5.73. The van der Waals surface area contributed by atoms with E-state index in [1.807, 2.05) is 13.8 Å². The van der Waals surface area contributed by atoms with Gasteiger partial charge in [-0.25, -0.2) is 0 Å². The predicted molar refractivity (Wildman–Crippen MR) is 60.4 cm³/mol. The summed E-state index contributed by atoms with van der Waals surface area (Å²) in [7, 11) is 0. The normalized spacial score (nSPS) is 32.3. The fraction of sp³-hybridized carbons (Fsp3) is 0.917. The minimum atomic E-state index is -0.273. The summed E-state index contributed by atoms with van der Waals surface area (Å²) in [5.74, 6) is 0. The first-order valence-electron chi connectivity index (χ1n) is 5.73. The predicted octanol–water partition coefficient (Wildman–Crippen LogP) is 2.08. The van der Waals surface area contributed by atoms with Crippen molar-refractivity contribution < 1.29 is 4.74 Å². The molecule has 1 aliphatic rings. The van der Waals surface area contributed by atoms with Gasteiger partial charge in [0.1, 0.15) is 0 Å². The van der Waals surface area contributed by atoms with Gasteiger partial charge < -0.3 is 10.1 Å². The minimum Gasteiger partial charge on any atom is -0.375 e. The molecule has 0 aromatic carbocycles. The molecule has 86 valence electrons. The highest BCUT2D eigenvalue weighted by Crippen LogP contribution is 2.20. The smallest absolute Gasteiger partial charge is 0.0697 e. The lowest BCUT2D eigenvalue weighted by Gasteiger charge is -2.33. The van der Waals surface area contributed by atoms with Crippen LogP contribution in [0.25, 0.3) is 0 Å². The molecule has 1 aliphatic heterocycles. The standard InChI is InChI=1S/C12H22N2O/c1-9-5-11(6-10(2)15-9)14-8-12(3,4)7-13/h9-11,14H,5-6,8H2,1-4H3. The van der Waals surface area contributed by atoms with Crippen molar-refractivity contribution in [1.82, 2.24) is 5.32 Å². The number of nitrogens with zero attached hydrogens (tertiary/aromatic N) is 1. The van der Waals surface area contributed by atoms with Crippen LogP contribution in [0.2, 0.25) is 0 Å². The molecule has 1 fully saturated rings. The summed E-state index contributed by atoms with van der Waals surface area (Å²) in [5, 5.41) is 12.4. The average Bonchev–Trinajstić information content (AvgIpc) is 2.14. The van der Waals surface area contributed by atoms with E-state index in [2.05, 4.69) is 25.2 Å². The van der Waals surface area contributed by atoms with Crippen LogP contribution in [-0.4, -0.2) is 24.8 Å². The molecule has 1 saturated heterocycles. The largest absolute Gasteiger partial charge is 0.375 e. The van der Waals surface area contributed by atoms with Gasteiger partial charge in [-0.15, -0.1) is 0 Å². The van der Waals surface area contributed by atoms with Gasteiger partial charge in [0.15, 0.2) is 0 Å². The topological polar surface area (TPSA) is 45.0 Å². The Morgan fingerprint density at radius 3 is 2.33 bits per heavy atom. The molecule has 0 radical (unpaired) electrons. The Hall–Kier alpha value is -0.590. The van der Waals surface area contributed by atoms with Crippen molar-refractivity contribution in [3.63, 3.8) is 0 Å². The summed E-state index contributed by atoms with van der Waals surface area (Å²) in [6.07, 6.45) is 2.76. The van der Waals surface area contributed by atoms with Crippen molar-refractivity contribution >= 4 is 0 Å². The molecule has 3 nitrogen and oxygen atoms in total. The second kappa shape index (κ2) is 4.96. The zero-order chi connectivity index (χ0) is 11.5.